The standard InChI is InChI=1S/C26H27N5OS2/c1-19-10-12-21(13-11-19)31-23(16-20-8-4-2-5-9-20)28-29-26(31)34-18-24-27-22(17-33-24)25(32)30-14-6-3-7-15-30/h2,4-5,8-13,17H,3,6-7,14-16,18H2,1H3. The van der Waals surface area contributed by atoms with Gasteiger partial charge in [0.05, 0.1) is 5.75 Å². The lowest BCUT2D eigenvalue weighted by molar-refractivity contribution is 0.0719. The minimum atomic E-state index is 0.0557. The van der Waals surface area contributed by atoms with Gasteiger partial charge >= 0.3 is 0 Å². The molecule has 3 heterocycles. The molecule has 0 N–H and O–H groups in total. The Morgan fingerprint density at radius 3 is 2.53 bits per heavy atom. The van der Waals surface area contributed by atoms with Crippen LogP contribution in [0.5, 0.6) is 0 Å². The predicted octanol–water partition coefficient (Wildman–Crippen LogP) is 5.54. The molecule has 0 aliphatic carbocycles. The van der Waals surface area contributed by atoms with Gasteiger partial charge in [-0.2, -0.15) is 0 Å². The first-order valence-corrected chi connectivity index (χ1v) is 13.5. The molecule has 0 radical (unpaired) electrons. The van der Waals surface area contributed by atoms with Crippen LogP contribution < -0.4 is 0 Å². The fourth-order valence-corrected chi connectivity index (χ4v) is 5.86. The maximum Gasteiger partial charge on any atom is 0.273 e. The second kappa shape index (κ2) is 10.5. The molecular weight excluding hydrogens is 462 g/mol. The lowest BCUT2D eigenvalue weighted by atomic mass is 10.1. The lowest BCUT2D eigenvalue weighted by Crippen LogP contribution is -2.35. The molecule has 1 amide bonds. The number of amides is 1. The normalized spacial score (nSPS) is 13.9. The molecule has 8 heteroatoms. The molecule has 34 heavy (non-hydrogen) atoms. The van der Waals surface area contributed by atoms with Gasteiger partial charge in [0.1, 0.15) is 16.5 Å². The Bertz CT molecular complexity index is 1240. The first-order chi connectivity index (χ1) is 16.7. The van der Waals surface area contributed by atoms with Gasteiger partial charge < -0.3 is 4.90 Å². The van der Waals surface area contributed by atoms with E-state index >= 15 is 0 Å². The molecule has 2 aromatic heterocycles. The van der Waals surface area contributed by atoms with E-state index in [1.807, 2.05) is 28.5 Å². The molecule has 0 spiro atoms. The van der Waals surface area contributed by atoms with Crippen LogP contribution >= 0.6 is 23.1 Å². The average molecular weight is 490 g/mol. The molecule has 1 aliphatic heterocycles. The van der Waals surface area contributed by atoms with Crippen molar-refractivity contribution in [2.45, 2.75) is 43.5 Å². The Morgan fingerprint density at radius 1 is 1.00 bits per heavy atom. The number of hydrogen-bond donors (Lipinski definition) is 0. The number of nitrogens with zero attached hydrogens (tertiary/aromatic N) is 5. The topological polar surface area (TPSA) is 63.9 Å². The summed E-state index contributed by atoms with van der Waals surface area (Å²) in [6.45, 7) is 3.76. The first-order valence-electron chi connectivity index (χ1n) is 11.6. The van der Waals surface area contributed by atoms with Crippen LogP contribution in [0.1, 0.15) is 51.7 Å². The van der Waals surface area contributed by atoms with Crippen molar-refractivity contribution in [3.05, 3.63) is 87.6 Å². The summed E-state index contributed by atoms with van der Waals surface area (Å²) in [4.78, 5) is 19.3. The Kier molecular flexibility index (Phi) is 7.06. The molecule has 1 aliphatic rings. The Labute approximate surface area is 208 Å². The minimum Gasteiger partial charge on any atom is -0.337 e. The third-order valence-corrected chi connectivity index (χ3v) is 7.91. The number of benzene rings is 2. The van der Waals surface area contributed by atoms with E-state index < -0.39 is 0 Å². The van der Waals surface area contributed by atoms with Crippen LogP contribution in [0, 0.1) is 6.92 Å². The molecule has 0 unspecified atom stereocenters. The van der Waals surface area contributed by atoms with Crippen LogP contribution in [0.25, 0.3) is 5.69 Å². The van der Waals surface area contributed by atoms with E-state index in [1.54, 1.807) is 11.8 Å². The third-order valence-electron chi connectivity index (χ3n) is 5.94. The SMILES string of the molecule is Cc1ccc(-n2c(Cc3ccccc3)nnc2SCc2nc(C(=O)N3CCCCC3)cs2)cc1. The van der Waals surface area contributed by atoms with Gasteiger partial charge in [0.15, 0.2) is 5.16 Å². The highest BCUT2D eigenvalue weighted by molar-refractivity contribution is 7.98. The number of thioether (sulfide) groups is 1. The molecule has 0 atom stereocenters. The summed E-state index contributed by atoms with van der Waals surface area (Å²) in [7, 11) is 0. The van der Waals surface area contributed by atoms with Crippen LogP contribution in [-0.2, 0) is 12.2 Å². The van der Waals surface area contributed by atoms with Crippen molar-refractivity contribution in [3.63, 3.8) is 0 Å². The van der Waals surface area contributed by atoms with Crippen molar-refractivity contribution < 1.29 is 4.79 Å². The van der Waals surface area contributed by atoms with E-state index in [1.165, 1.54) is 28.9 Å². The van der Waals surface area contributed by atoms with Gasteiger partial charge in [-0.3, -0.25) is 9.36 Å². The summed E-state index contributed by atoms with van der Waals surface area (Å²) in [5.74, 6) is 1.60. The van der Waals surface area contributed by atoms with Crippen LogP contribution in [0.4, 0.5) is 0 Å². The third kappa shape index (κ3) is 5.23. The fraction of sp³-hybridized carbons (Fsp3) is 0.308. The van der Waals surface area contributed by atoms with E-state index in [4.69, 9.17) is 0 Å². The van der Waals surface area contributed by atoms with E-state index in [-0.39, 0.29) is 5.91 Å². The summed E-state index contributed by atoms with van der Waals surface area (Å²) < 4.78 is 2.13. The van der Waals surface area contributed by atoms with Crippen molar-refractivity contribution in [2.75, 3.05) is 13.1 Å². The number of thiazole rings is 1. The van der Waals surface area contributed by atoms with Gasteiger partial charge in [-0.25, -0.2) is 4.98 Å². The number of aromatic nitrogens is 4. The molecule has 1 saturated heterocycles. The quantitative estimate of drug-likeness (QED) is 0.319. The molecule has 174 valence electrons. The lowest BCUT2D eigenvalue weighted by Gasteiger charge is -2.25. The Morgan fingerprint density at radius 2 is 1.76 bits per heavy atom. The van der Waals surface area contributed by atoms with Gasteiger partial charge in [-0.05, 0) is 43.9 Å². The monoisotopic (exact) mass is 489 g/mol. The zero-order chi connectivity index (χ0) is 23.3. The highest BCUT2D eigenvalue weighted by atomic mass is 32.2. The smallest absolute Gasteiger partial charge is 0.273 e. The number of piperidine rings is 1. The van der Waals surface area contributed by atoms with E-state index in [0.717, 1.165) is 47.6 Å². The molecule has 2 aromatic carbocycles. The van der Waals surface area contributed by atoms with E-state index in [9.17, 15) is 4.79 Å². The van der Waals surface area contributed by atoms with Gasteiger partial charge in [-0.1, -0.05) is 59.8 Å². The van der Waals surface area contributed by atoms with Crippen molar-refractivity contribution in [1.29, 1.82) is 0 Å². The largest absolute Gasteiger partial charge is 0.337 e. The number of carbonyl (C=O) groups is 1. The Balaban J connectivity index is 1.35. The molecule has 5 rings (SSSR count). The average Bonchev–Trinajstić information content (AvgIpc) is 3.51. The second-order valence-electron chi connectivity index (χ2n) is 8.50. The van der Waals surface area contributed by atoms with Crippen LogP contribution in [0.15, 0.2) is 65.1 Å². The highest BCUT2D eigenvalue weighted by Gasteiger charge is 2.21. The van der Waals surface area contributed by atoms with Crippen LogP contribution in [-0.4, -0.2) is 43.6 Å². The fourth-order valence-electron chi connectivity index (χ4n) is 4.10. The van der Waals surface area contributed by atoms with Crippen molar-refractivity contribution in [1.82, 2.24) is 24.6 Å². The summed E-state index contributed by atoms with van der Waals surface area (Å²) >= 11 is 3.14. The van der Waals surface area contributed by atoms with E-state index in [0.29, 0.717) is 17.9 Å². The number of hydrogen-bond acceptors (Lipinski definition) is 6. The molecule has 0 bridgehead atoms. The minimum absolute atomic E-state index is 0.0557. The number of rotatable bonds is 7. The van der Waals surface area contributed by atoms with Crippen LogP contribution in [0.3, 0.4) is 0 Å². The van der Waals surface area contributed by atoms with Crippen molar-refractivity contribution in [3.8, 4) is 5.69 Å². The highest BCUT2D eigenvalue weighted by Crippen LogP contribution is 2.28. The van der Waals surface area contributed by atoms with Gasteiger partial charge in [0, 0.05) is 30.6 Å². The molecule has 4 aromatic rings. The summed E-state index contributed by atoms with van der Waals surface area (Å²) in [6, 6.07) is 18.8. The van der Waals surface area contributed by atoms with Crippen molar-refractivity contribution in [2.24, 2.45) is 0 Å². The molecule has 0 saturated carbocycles. The zero-order valence-corrected chi connectivity index (χ0v) is 20.8. The Hall–Kier alpha value is -2.97. The van der Waals surface area contributed by atoms with Gasteiger partial charge in [-0.15, -0.1) is 21.5 Å². The van der Waals surface area contributed by atoms with Crippen molar-refractivity contribution >= 4 is 29.0 Å². The summed E-state index contributed by atoms with van der Waals surface area (Å²) in [5.41, 5.74) is 4.02. The predicted molar refractivity (Wildman–Crippen MR) is 137 cm³/mol. The number of carbonyl (C=O) groups excluding carboxylic acids is 1. The van der Waals surface area contributed by atoms with Gasteiger partial charge in [0.25, 0.3) is 5.91 Å². The maximum absolute atomic E-state index is 12.8. The maximum atomic E-state index is 12.8. The van der Waals surface area contributed by atoms with E-state index in [2.05, 4.69) is 63.1 Å². The molecule has 1 fully saturated rings. The zero-order valence-electron chi connectivity index (χ0n) is 19.2. The second-order valence-corrected chi connectivity index (χ2v) is 10.4. The summed E-state index contributed by atoms with van der Waals surface area (Å²) in [5, 5.41) is 12.7. The number of aryl methyl sites for hydroxylation is 1. The molecular formula is C26H27N5OS2. The van der Waals surface area contributed by atoms with Gasteiger partial charge in [0.2, 0.25) is 0 Å². The van der Waals surface area contributed by atoms with Crippen LogP contribution in [0.2, 0.25) is 0 Å². The number of likely N-dealkylation sites (tertiary alicyclic amines) is 1. The molecule has 6 nitrogen and oxygen atoms in total. The first kappa shape index (κ1) is 22.8. The summed E-state index contributed by atoms with van der Waals surface area (Å²) in [6.07, 6.45) is 4.07.